The fraction of sp³-hybridized carbons (Fsp3) is 0.545. The average Bonchev–Trinajstić information content (AvgIpc) is 2.28. The number of piperidine rings is 1. The molecule has 18 heavy (non-hydrogen) atoms. The van der Waals surface area contributed by atoms with Gasteiger partial charge in [0.2, 0.25) is 10.0 Å². The van der Waals surface area contributed by atoms with Crippen molar-refractivity contribution in [2.45, 2.75) is 30.3 Å². The lowest BCUT2D eigenvalue weighted by molar-refractivity contribution is 0.0126. The lowest BCUT2D eigenvalue weighted by atomic mass is 9.95. The molecule has 2 rings (SSSR count). The second-order valence-electron chi connectivity index (χ2n) is 4.69. The number of aliphatic hydroxyl groups is 1. The van der Waals surface area contributed by atoms with E-state index < -0.39 is 15.6 Å². The highest BCUT2D eigenvalue weighted by molar-refractivity contribution is 7.89. The Balaban J connectivity index is 2.26. The number of hydrogen-bond acceptors (Lipinski definition) is 4. The quantitative estimate of drug-likeness (QED) is 0.833. The molecule has 0 saturated carbocycles. The Morgan fingerprint density at radius 3 is 2.61 bits per heavy atom. The van der Waals surface area contributed by atoms with Crippen molar-refractivity contribution < 1.29 is 13.5 Å². The van der Waals surface area contributed by atoms with Gasteiger partial charge in [0.25, 0.3) is 0 Å². The molecule has 0 spiro atoms. The molecule has 100 valence electrons. The second-order valence-corrected chi connectivity index (χ2v) is 6.96. The zero-order chi connectivity index (χ0) is 13.4. The van der Waals surface area contributed by atoms with Crippen LogP contribution in [0.3, 0.4) is 0 Å². The van der Waals surface area contributed by atoms with Gasteiger partial charge in [0.15, 0.2) is 0 Å². The van der Waals surface area contributed by atoms with Crippen LogP contribution in [-0.2, 0) is 10.0 Å². The molecule has 0 atom stereocenters. The number of aromatic nitrogens is 1. The Hall–Kier alpha value is -0.690. The maximum atomic E-state index is 12.3. The van der Waals surface area contributed by atoms with Crippen LogP contribution in [-0.4, -0.2) is 41.5 Å². The summed E-state index contributed by atoms with van der Waals surface area (Å²) in [4.78, 5) is 3.80. The number of halogens is 1. The maximum Gasteiger partial charge on any atom is 0.246 e. The third-order valence-corrected chi connectivity index (χ3v) is 5.49. The topological polar surface area (TPSA) is 70.5 Å². The van der Waals surface area contributed by atoms with Crippen LogP contribution < -0.4 is 0 Å². The van der Waals surface area contributed by atoms with Gasteiger partial charge in [0.1, 0.15) is 10.0 Å². The highest BCUT2D eigenvalue weighted by Gasteiger charge is 2.34. The molecule has 5 nitrogen and oxygen atoms in total. The zero-order valence-corrected chi connectivity index (χ0v) is 11.6. The van der Waals surface area contributed by atoms with Gasteiger partial charge in [-0.1, -0.05) is 11.6 Å². The van der Waals surface area contributed by atoms with E-state index in [0.29, 0.717) is 25.9 Å². The van der Waals surface area contributed by atoms with Crippen molar-refractivity contribution in [2.75, 3.05) is 13.1 Å². The van der Waals surface area contributed by atoms with Gasteiger partial charge in [-0.15, -0.1) is 0 Å². The molecule has 7 heteroatoms. The molecule has 0 aliphatic carbocycles. The molecular formula is C11H15ClN2O3S. The van der Waals surface area contributed by atoms with E-state index in [4.69, 9.17) is 11.6 Å². The predicted molar refractivity (Wildman–Crippen MR) is 67.9 cm³/mol. The van der Waals surface area contributed by atoms with Crippen molar-refractivity contribution >= 4 is 21.6 Å². The molecule has 1 saturated heterocycles. The van der Waals surface area contributed by atoms with E-state index in [1.807, 2.05) is 0 Å². The molecule has 1 aromatic rings. The summed E-state index contributed by atoms with van der Waals surface area (Å²) in [7, 11) is -3.62. The van der Waals surface area contributed by atoms with Crippen molar-refractivity contribution in [1.82, 2.24) is 9.29 Å². The minimum absolute atomic E-state index is 0.0187. The van der Waals surface area contributed by atoms with Gasteiger partial charge in [0, 0.05) is 19.3 Å². The van der Waals surface area contributed by atoms with E-state index in [1.165, 1.54) is 16.6 Å². The number of hydrogen-bond donors (Lipinski definition) is 1. The van der Waals surface area contributed by atoms with E-state index in [2.05, 4.69) is 4.98 Å². The first kappa shape index (κ1) is 13.7. The smallest absolute Gasteiger partial charge is 0.246 e. The summed E-state index contributed by atoms with van der Waals surface area (Å²) in [6.07, 6.45) is 2.29. The Labute approximate surface area is 111 Å². The van der Waals surface area contributed by atoms with E-state index in [1.54, 1.807) is 13.0 Å². The third-order valence-electron chi connectivity index (χ3n) is 3.14. The van der Waals surface area contributed by atoms with Crippen LogP contribution in [0.2, 0.25) is 5.15 Å². The van der Waals surface area contributed by atoms with E-state index in [-0.39, 0.29) is 10.0 Å². The Kier molecular flexibility index (Phi) is 3.64. The molecule has 1 fully saturated rings. The lowest BCUT2D eigenvalue weighted by Crippen LogP contribution is -2.45. The van der Waals surface area contributed by atoms with E-state index in [0.717, 1.165) is 0 Å². The fourth-order valence-electron chi connectivity index (χ4n) is 1.91. The van der Waals surface area contributed by atoms with Gasteiger partial charge in [-0.2, -0.15) is 4.31 Å². The van der Waals surface area contributed by atoms with Crippen molar-refractivity contribution in [3.63, 3.8) is 0 Å². The summed E-state index contributed by atoms with van der Waals surface area (Å²) in [5.41, 5.74) is -0.787. The first-order chi connectivity index (χ1) is 8.33. The Morgan fingerprint density at radius 2 is 2.06 bits per heavy atom. The zero-order valence-electron chi connectivity index (χ0n) is 10.0. The minimum atomic E-state index is -3.62. The normalized spacial score (nSPS) is 20.8. The van der Waals surface area contributed by atoms with E-state index >= 15 is 0 Å². The van der Waals surface area contributed by atoms with Crippen LogP contribution in [0.25, 0.3) is 0 Å². The minimum Gasteiger partial charge on any atom is -0.390 e. The first-order valence-corrected chi connectivity index (χ1v) is 7.48. The Morgan fingerprint density at radius 1 is 1.44 bits per heavy atom. The van der Waals surface area contributed by atoms with Gasteiger partial charge >= 0.3 is 0 Å². The summed E-state index contributed by atoms with van der Waals surface area (Å²) in [6, 6.07) is 2.98. The molecule has 1 aromatic heterocycles. The number of nitrogens with zero attached hydrogens (tertiary/aromatic N) is 2. The maximum absolute atomic E-state index is 12.3. The fourth-order valence-corrected chi connectivity index (χ4v) is 3.78. The first-order valence-electron chi connectivity index (χ1n) is 5.66. The number of rotatable bonds is 2. The highest BCUT2D eigenvalue weighted by Crippen LogP contribution is 2.28. The van der Waals surface area contributed by atoms with Crippen molar-refractivity contribution in [2.24, 2.45) is 0 Å². The van der Waals surface area contributed by atoms with Gasteiger partial charge in [-0.3, -0.25) is 0 Å². The monoisotopic (exact) mass is 290 g/mol. The molecule has 0 bridgehead atoms. The molecule has 1 N–H and O–H groups in total. The van der Waals surface area contributed by atoms with Gasteiger partial charge < -0.3 is 5.11 Å². The molecule has 0 aromatic carbocycles. The van der Waals surface area contributed by atoms with Crippen LogP contribution in [0.15, 0.2) is 23.2 Å². The summed E-state index contributed by atoms with van der Waals surface area (Å²) in [5.74, 6) is 0. The molecule has 1 aliphatic rings. The molecule has 1 aliphatic heterocycles. The van der Waals surface area contributed by atoms with Crippen molar-refractivity contribution in [3.05, 3.63) is 23.5 Å². The molecule has 2 heterocycles. The third kappa shape index (κ3) is 2.66. The number of sulfonamides is 1. The van der Waals surface area contributed by atoms with Crippen LogP contribution >= 0.6 is 11.6 Å². The summed E-state index contributed by atoms with van der Waals surface area (Å²) >= 11 is 5.82. The summed E-state index contributed by atoms with van der Waals surface area (Å²) < 4.78 is 26.0. The lowest BCUT2D eigenvalue weighted by Gasteiger charge is -2.34. The van der Waals surface area contributed by atoms with Crippen molar-refractivity contribution in [1.29, 1.82) is 0 Å². The Bertz CT molecular complexity index is 535. The van der Waals surface area contributed by atoms with Crippen molar-refractivity contribution in [3.8, 4) is 0 Å². The molecule has 0 unspecified atom stereocenters. The molecular weight excluding hydrogens is 276 g/mol. The van der Waals surface area contributed by atoms with Crippen LogP contribution in [0.5, 0.6) is 0 Å². The van der Waals surface area contributed by atoms with Gasteiger partial charge in [0.05, 0.1) is 5.60 Å². The number of pyridine rings is 1. The standard InChI is InChI=1S/C11H15ClN2O3S/c1-11(15)4-7-14(8-5-11)18(16,17)9-3-2-6-13-10(9)12/h2-3,6,15H,4-5,7-8H2,1H3. The summed E-state index contributed by atoms with van der Waals surface area (Å²) in [5, 5.41) is 9.80. The van der Waals surface area contributed by atoms with Gasteiger partial charge in [-0.25, -0.2) is 13.4 Å². The SMILES string of the molecule is CC1(O)CCN(S(=O)(=O)c2cccnc2Cl)CC1. The molecule has 0 radical (unpaired) electrons. The van der Waals surface area contributed by atoms with Gasteiger partial charge in [-0.05, 0) is 31.9 Å². The van der Waals surface area contributed by atoms with Crippen LogP contribution in [0.1, 0.15) is 19.8 Å². The highest BCUT2D eigenvalue weighted by atomic mass is 35.5. The van der Waals surface area contributed by atoms with Crippen LogP contribution in [0, 0.1) is 0 Å². The predicted octanol–water partition coefficient (Wildman–Crippen LogP) is 1.27. The second kappa shape index (κ2) is 4.77. The molecule has 0 amide bonds. The average molecular weight is 291 g/mol. The van der Waals surface area contributed by atoms with E-state index in [9.17, 15) is 13.5 Å². The van der Waals surface area contributed by atoms with Crippen LogP contribution in [0.4, 0.5) is 0 Å². The largest absolute Gasteiger partial charge is 0.390 e. The summed E-state index contributed by atoms with van der Waals surface area (Å²) in [6.45, 7) is 2.30.